The Labute approximate surface area is 145 Å². The number of benzene rings is 3. The number of ketones is 1. The van der Waals surface area contributed by atoms with E-state index in [1.165, 1.54) is 5.56 Å². The van der Waals surface area contributed by atoms with Crippen molar-refractivity contribution in [1.82, 2.24) is 0 Å². The molecule has 1 unspecified atom stereocenters. The molecule has 120 valence electrons. The van der Waals surface area contributed by atoms with Crippen LogP contribution in [0.2, 0.25) is 0 Å². The van der Waals surface area contributed by atoms with Gasteiger partial charge in [0.25, 0.3) is 0 Å². The topological polar surface area (TPSA) is 17.1 Å². The predicted molar refractivity (Wildman–Crippen MR) is 105 cm³/mol. The molecule has 24 heavy (non-hydrogen) atoms. The highest BCUT2D eigenvalue weighted by molar-refractivity contribution is 7.28. The molecule has 3 rings (SSSR count). The summed E-state index contributed by atoms with van der Waals surface area (Å²) in [6.45, 7) is 6.09. The fourth-order valence-corrected chi connectivity index (χ4v) is 3.79. The number of carbonyl (C=O) groups excluding carboxylic acids is 1. The minimum atomic E-state index is 0.0909. The minimum Gasteiger partial charge on any atom is -0.289 e. The minimum absolute atomic E-state index is 0.0909. The molecule has 0 N–H and O–H groups in total. The molecule has 0 bridgehead atoms. The molecule has 0 radical (unpaired) electrons. The van der Waals surface area contributed by atoms with Crippen molar-refractivity contribution < 1.29 is 4.79 Å². The molecule has 0 aromatic heterocycles. The Balaban J connectivity index is 2.21. The molecule has 0 amide bonds. The molecule has 1 atom stereocenters. The molecule has 1 nitrogen and oxygen atoms in total. The Morgan fingerprint density at radius 2 is 1.46 bits per heavy atom. The second-order valence-electron chi connectivity index (χ2n) is 6.24. The van der Waals surface area contributed by atoms with E-state index in [0.29, 0.717) is 0 Å². The number of rotatable bonds is 3. The van der Waals surface area contributed by atoms with Crippen molar-refractivity contribution in [2.75, 3.05) is 0 Å². The summed E-state index contributed by atoms with van der Waals surface area (Å²) in [5, 5.41) is 1.04. The third-order valence-corrected chi connectivity index (χ3v) is 4.79. The van der Waals surface area contributed by atoms with Gasteiger partial charge < -0.3 is 0 Å². The molecule has 0 aliphatic heterocycles. The van der Waals surface area contributed by atoms with Crippen LogP contribution in [-0.2, 0) is 0 Å². The van der Waals surface area contributed by atoms with Crippen LogP contribution in [0.1, 0.15) is 32.6 Å². The quantitative estimate of drug-likeness (QED) is 0.487. The second kappa shape index (κ2) is 6.71. The van der Waals surface area contributed by atoms with E-state index in [4.69, 9.17) is 0 Å². The molecule has 0 saturated carbocycles. The zero-order valence-corrected chi connectivity index (χ0v) is 15.4. The summed E-state index contributed by atoms with van der Waals surface area (Å²) in [4.78, 5) is 13.3. The molecule has 0 saturated heterocycles. The Bertz CT molecular complexity index is 888. The molecule has 2 heteroatoms. The molecule has 0 aliphatic rings. The van der Waals surface area contributed by atoms with Gasteiger partial charge in [0.1, 0.15) is 0 Å². The summed E-state index contributed by atoms with van der Waals surface area (Å²) in [5.41, 5.74) is 6.87. The van der Waals surface area contributed by atoms with E-state index in [1.807, 2.05) is 50.2 Å². The summed E-state index contributed by atoms with van der Waals surface area (Å²) in [6.07, 6.45) is 0. The summed E-state index contributed by atoms with van der Waals surface area (Å²) >= 11 is 0. The first-order valence-corrected chi connectivity index (χ1v) is 8.63. The van der Waals surface area contributed by atoms with Crippen LogP contribution in [0.3, 0.4) is 0 Å². The third-order valence-electron chi connectivity index (χ3n) is 4.31. The monoisotopic (exact) mass is 332 g/mol. The van der Waals surface area contributed by atoms with Gasteiger partial charge in [-0.2, -0.15) is 0 Å². The fourth-order valence-electron chi connectivity index (χ4n) is 3.36. The highest BCUT2D eigenvalue weighted by atomic mass is 31.0. The van der Waals surface area contributed by atoms with Gasteiger partial charge in [0, 0.05) is 11.1 Å². The van der Waals surface area contributed by atoms with E-state index in [0.717, 1.165) is 38.7 Å². The first-order valence-electron chi connectivity index (χ1n) is 8.05. The van der Waals surface area contributed by atoms with Gasteiger partial charge in [0.05, 0.1) is 0 Å². The average molecular weight is 332 g/mol. The third kappa shape index (κ3) is 3.05. The molecule has 3 aromatic carbocycles. The van der Waals surface area contributed by atoms with Crippen LogP contribution in [0.5, 0.6) is 0 Å². The SMILES string of the molecule is Cc1cc(C)c(C(=O)c2cccc(P)c2-c2ccccc2)c(C)c1. The van der Waals surface area contributed by atoms with Gasteiger partial charge in [-0.3, -0.25) is 4.79 Å². The van der Waals surface area contributed by atoms with E-state index in [9.17, 15) is 4.79 Å². The molecular weight excluding hydrogens is 311 g/mol. The van der Waals surface area contributed by atoms with Crippen molar-refractivity contribution in [2.45, 2.75) is 20.8 Å². The van der Waals surface area contributed by atoms with Crippen LogP contribution in [0, 0.1) is 20.8 Å². The van der Waals surface area contributed by atoms with Crippen LogP contribution in [0.4, 0.5) is 0 Å². The predicted octanol–water partition coefficient (Wildman–Crippen LogP) is 5.01. The standard InChI is InChI=1S/C22H21OP/c1-14-12-15(2)20(16(3)13-14)22(23)18-10-7-11-19(24)21(18)17-8-5-4-6-9-17/h4-13H,24H2,1-3H3. The van der Waals surface area contributed by atoms with Crippen molar-refractivity contribution in [3.05, 3.63) is 88.5 Å². The number of hydrogen-bond acceptors (Lipinski definition) is 1. The number of carbonyl (C=O) groups is 1. The Hall–Kier alpha value is -2.24. The van der Waals surface area contributed by atoms with Crippen molar-refractivity contribution in [2.24, 2.45) is 0 Å². The fraction of sp³-hybridized carbons (Fsp3) is 0.136. The smallest absolute Gasteiger partial charge is 0.194 e. The van der Waals surface area contributed by atoms with Crippen LogP contribution in [0.15, 0.2) is 60.7 Å². The Morgan fingerprint density at radius 1 is 0.833 bits per heavy atom. The van der Waals surface area contributed by atoms with Crippen molar-refractivity contribution in [3.8, 4) is 11.1 Å². The lowest BCUT2D eigenvalue weighted by molar-refractivity contribution is 0.103. The van der Waals surface area contributed by atoms with Gasteiger partial charge in [0.15, 0.2) is 5.78 Å². The lowest BCUT2D eigenvalue weighted by Crippen LogP contribution is -2.12. The maximum Gasteiger partial charge on any atom is 0.194 e. The van der Waals surface area contributed by atoms with Crippen molar-refractivity contribution >= 4 is 20.3 Å². The van der Waals surface area contributed by atoms with Crippen molar-refractivity contribution in [3.63, 3.8) is 0 Å². The van der Waals surface area contributed by atoms with E-state index in [2.05, 4.69) is 40.4 Å². The second-order valence-corrected chi connectivity index (χ2v) is 6.86. The van der Waals surface area contributed by atoms with Gasteiger partial charge in [0.2, 0.25) is 0 Å². The van der Waals surface area contributed by atoms with Crippen LogP contribution >= 0.6 is 9.24 Å². The van der Waals surface area contributed by atoms with Gasteiger partial charge in [-0.1, -0.05) is 66.2 Å². The number of aryl methyl sites for hydroxylation is 3. The van der Waals surface area contributed by atoms with E-state index in [1.54, 1.807) is 0 Å². The summed E-state index contributed by atoms with van der Waals surface area (Å²) in [5.74, 6) is 0.0909. The van der Waals surface area contributed by atoms with E-state index >= 15 is 0 Å². The molecule has 0 heterocycles. The number of hydrogen-bond donors (Lipinski definition) is 0. The summed E-state index contributed by atoms with van der Waals surface area (Å²) in [6, 6.07) is 20.1. The maximum atomic E-state index is 13.3. The molecule has 0 aliphatic carbocycles. The van der Waals surface area contributed by atoms with Crippen LogP contribution in [-0.4, -0.2) is 5.78 Å². The summed E-state index contributed by atoms with van der Waals surface area (Å²) < 4.78 is 0. The molecule has 0 fully saturated rings. The Kier molecular flexibility index (Phi) is 4.64. The first kappa shape index (κ1) is 16.6. The normalized spacial score (nSPS) is 10.7. The van der Waals surface area contributed by atoms with Gasteiger partial charge >= 0.3 is 0 Å². The highest BCUT2D eigenvalue weighted by Gasteiger charge is 2.19. The van der Waals surface area contributed by atoms with Crippen LogP contribution < -0.4 is 5.30 Å². The molecular formula is C22H21OP. The summed E-state index contributed by atoms with van der Waals surface area (Å²) in [7, 11) is 2.76. The zero-order valence-electron chi connectivity index (χ0n) is 14.3. The molecule has 3 aromatic rings. The van der Waals surface area contributed by atoms with Gasteiger partial charge in [-0.15, -0.1) is 9.24 Å². The largest absolute Gasteiger partial charge is 0.289 e. The van der Waals surface area contributed by atoms with E-state index in [-0.39, 0.29) is 5.78 Å². The van der Waals surface area contributed by atoms with Gasteiger partial charge in [-0.05, 0) is 48.3 Å². The Morgan fingerprint density at radius 3 is 2.08 bits per heavy atom. The highest BCUT2D eigenvalue weighted by Crippen LogP contribution is 2.28. The average Bonchev–Trinajstić information content (AvgIpc) is 2.54. The molecule has 0 spiro atoms. The lowest BCUT2D eigenvalue weighted by atomic mass is 9.89. The van der Waals surface area contributed by atoms with Gasteiger partial charge in [-0.25, -0.2) is 0 Å². The zero-order chi connectivity index (χ0) is 17.3. The lowest BCUT2D eigenvalue weighted by Gasteiger charge is -2.15. The first-order chi connectivity index (χ1) is 11.5. The van der Waals surface area contributed by atoms with Crippen LogP contribution in [0.25, 0.3) is 11.1 Å². The van der Waals surface area contributed by atoms with E-state index < -0.39 is 0 Å². The maximum absolute atomic E-state index is 13.3. The van der Waals surface area contributed by atoms with Crippen molar-refractivity contribution in [1.29, 1.82) is 0 Å².